The molecule has 2 saturated heterocycles. The molecule has 150 valence electrons. The Hall–Kier alpha value is -3.45. The second-order valence-electron chi connectivity index (χ2n) is 8.14. The normalized spacial score (nSPS) is 29.0. The minimum atomic E-state index is -0.796. The van der Waals surface area contributed by atoms with Gasteiger partial charge in [0.15, 0.2) is 5.82 Å². The molecule has 2 fully saturated rings. The molecule has 0 radical (unpaired) electrons. The van der Waals surface area contributed by atoms with E-state index in [1.807, 2.05) is 54.6 Å². The van der Waals surface area contributed by atoms with E-state index in [1.54, 1.807) is 17.9 Å². The number of fused-ring (bicyclic) bond motifs is 2. The van der Waals surface area contributed by atoms with Crippen LogP contribution in [-0.2, 0) is 14.3 Å². The summed E-state index contributed by atoms with van der Waals surface area (Å²) in [6, 6.07) is 15.4. The van der Waals surface area contributed by atoms with Crippen LogP contribution in [0.5, 0.6) is 0 Å². The van der Waals surface area contributed by atoms with Crippen molar-refractivity contribution in [2.24, 2.45) is 11.8 Å². The number of nitrogens with zero attached hydrogens (tertiary/aromatic N) is 2. The topological polar surface area (TPSA) is 84.7 Å². The Labute approximate surface area is 172 Å². The number of hydrogen-bond donors (Lipinski definition) is 1. The molecule has 3 aromatic rings. The van der Waals surface area contributed by atoms with Crippen molar-refractivity contribution in [1.82, 2.24) is 5.16 Å². The molecule has 4 heterocycles. The molecule has 3 aliphatic heterocycles. The largest absolute Gasteiger partial charge is 0.360 e. The van der Waals surface area contributed by atoms with Crippen LogP contribution in [0, 0.1) is 18.8 Å². The van der Waals surface area contributed by atoms with Gasteiger partial charge in [-0.05, 0) is 18.4 Å². The first-order valence-corrected chi connectivity index (χ1v) is 9.96. The van der Waals surface area contributed by atoms with Crippen LogP contribution in [0.2, 0.25) is 0 Å². The van der Waals surface area contributed by atoms with Crippen LogP contribution >= 0.6 is 0 Å². The molecule has 6 rings (SSSR count). The lowest BCUT2D eigenvalue weighted by Crippen LogP contribution is -2.41. The van der Waals surface area contributed by atoms with Crippen LogP contribution in [0.1, 0.15) is 5.76 Å². The highest BCUT2D eigenvalue weighted by Crippen LogP contribution is 2.52. The predicted molar refractivity (Wildman–Crippen MR) is 110 cm³/mol. The lowest BCUT2D eigenvalue weighted by atomic mass is 9.76. The molecule has 7 nitrogen and oxygen atoms in total. The van der Waals surface area contributed by atoms with Gasteiger partial charge in [-0.2, -0.15) is 0 Å². The van der Waals surface area contributed by atoms with Gasteiger partial charge in [-0.1, -0.05) is 53.7 Å². The van der Waals surface area contributed by atoms with Crippen molar-refractivity contribution in [1.29, 1.82) is 0 Å². The van der Waals surface area contributed by atoms with Gasteiger partial charge in [-0.3, -0.25) is 14.5 Å². The van der Waals surface area contributed by atoms with Gasteiger partial charge in [0.05, 0.1) is 24.5 Å². The van der Waals surface area contributed by atoms with Crippen molar-refractivity contribution in [2.45, 2.75) is 18.6 Å². The molecule has 3 unspecified atom stereocenters. The van der Waals surface area contributed by atoms with Gasteiger partial charge in [-0.25, -0.2) is 0 Å². The number of amides is 2. The van der Waals surface area contributed by atoms with Crippen LogP contribution < -0.4 is 10.2 Å². The summed E-state index contributed by atoms with van der Waals surface area (Å²) in [5.74, 6) is -0.473. The Balaban J connectivity index is 1.33. The van der Waals surface area contributed by atoms with Crippen LogP contribution in [0.3, 0.4) is 0 Å². The van der Waals surface area contributed by atoms with Crippen molar-refractivity contribution in [3.63, 3.8) is 0 Å². The molecule has 1 spiro atoms. The Morgan fingerprint density at radius 2 is 2.07 bits per heavy atom. The molecule has 2 bridgehead atoms. The molecule has 0 saturated carbocycles. The zero-order chi connectivity index (χ0) is 20.5. The van der Waals surface area contributed by atoms with Gasteiger partial charge < -0.3 is 14.6 Å². The minimum absolute atomic E-state index is 0.159. The van der Waals surface area contributed by atoms with Gasteiger partial charge >= 0.3 is 0 Å². The van der Waals surface area contributed by atoms with Gasteiger partial charge in [0.25, 0.3) is 0 Å². The van der Waals surface area contributed by atoms with Crippen LogP contribution in [-0.4, -0.2) is 35.2 Å². The Kier molecular flexibility index (Phi) is 3.50. The quantitative estimate of drug-likeness (QED) is 0.682. The zero-order valence-electron chi connectivity index (χ0n) is 16.2. The van der Waals surface area contributed by atoms with Gasteiger partial charge in [0, 0.05) is 17.1 Å². The third kappa shape index (κ3) is 2.32. The highest BCUT2D eigenvalue weighted by Gasteiger charge is 2.67. The van der Waals surface area contributed by atoms with E-state index >= 15 is 0 Å². The number of carbonyl (C=O) groups excluding carboxylic acids is 2. The van der Waals surface area contributed by atoms with Gasteiger partial charge in [-0.15, -0.1) is 0 Å². The smallest absolute Gasteiger partial charge is 0.235 e. The van der Waals surface area contributed by atoms with E-state index in [0.29, 0.717) is 18.1 Å². The Bertz CT molecular complexity index is 1230. The number of aromatic nitrogens is 1. The first-order valence-electron chi connectivity index (χ1n) is 9.96. The maximum absolute atomic E-state index is 13.4. The summed E-state index contributed by atoms with van der Waals surface area (Å²) in [7, 11) is 0. The molecule has 0 aliphatic carbocycles. The first kappa shape index (κ1) is 17.4. The summed E-state index contributed by atoms with van der Waals surface area (Å²) in [6.45, 7) is 2.10. The van der Waals surface area contributed by atoms with E-state index in [9.17, 15) is 9.59 Å². The standard InChI is InChI=1S/C23H19N3O4/c1-13-11-18(25-30-13)26-12-23-10-9-17(29-23)19(20(23)22(26)28)21(27)24-16-8-4-6-14-5-2-3-7-15(14)16/h2-11,17,19-20H,12H2,1H3,(H,24,27)/t17-,19?,20?,23?/m1/s1. The third-order valence-corrected chi connectivity index (χ3v) is 6.34. The number of aryl methyl sites for hydroxylation is 1. The Morgan fingerprint density at radius 3 is 2.90 bits per heavy atom. The maximum Gasteiger partial charge on any atom is 0.235 e. The minimum Gasteiger partial charge on any atom is -0.360 e. The van der Waals surface area contributed by atoms with E-state index < -0.39 is 23.5 Å². The summed E-state index contributed by atoms with van der Waals surface area (Å²) >= 11 is 0. The summed E-state index contributed by atoms with van der Waals surface area (Å²) in [5.41, 5.74) is -0.0663. The number of rotatable bonds is 3. The number of benzene rings is 2. The van der Waals surface area contributed by atoms with Crippen molar-refractivity contribution < 1.29 is 18.8 Å². The number of ether oxygens (including phenoxy) is 1. The molecule has 1 aromatic heterocycles. The molecule has 4 atom stereocenters. The molecule has 2 amide bonds. The fourth-order valence-electron chi connectivity index (χ4n) is 5.02. The van der Waals surface area contributed by atoms with E-state index in [4.69, 9.17) is 9.26 Å². The summed E-state index contributed by atoms with van der Waals surface area (Å²) in [5, 5.41) is 9.02. The third-order valence-electron chi connectivity index (χ3n) is 6.34. The van der Waals surface area contributed by atoms with E-state index in [1.165, 1.54) is 0 Å². The van der Waals surface area contributed by atoms with Gasteiger partial charge in [0.1, 0.15) is 11.4 Å². The van der Waals surface area contributed by atoms with Crippen molar-refractivity contribution in [3.8, 4) is 0 Å². The Morgan fingerprint density at radius 1 is 1.23 bits per heavy atom. The van der Waals surface area contributed by atoms with Crippen molar-refractivity contribution in [2.75, 3.05) is 16.8 Å². The monoisotopic (exact) mass is 401 g/mol. The summed E-state index contributed by atoms with van der Waals surface area (Å²) in [6.07, 6.45) is 3.42. The maximum atomic E-state index is 13.4. The predicted octanol–water partition coefficient (Wildman–Crippen LogP) is 3.06. The number of hydrogen-bond acceptors (Lipinski definition) is 5. The fraction of sp³-hybridized carbons (Fsp3) is 0.261. The number of anilines is 2. The molecule has 3 aliphatic rings. The highest BCUT2D eigenvalue weighted by atomic mass is 16.5. The average Bonchev–Trinajstić information content (AvgIpc) is 3.49. The van der Waals surface area contributed by atoms with Crippen molar-refractivity contribution in [3.05, 3.63) is 66.4 Å². The summed E-state index contributed by atoms with van der Waals surface area (Å²) < 4.78 is 11.3. The molecule has 2 aromatic carbocycles. The first-order chi connectivity index (χ1) is 14.6. The molecular weight excluding hydrogens is 382 g/mol. The van der Waals surface area contributed by atoms with Gasteiger partial charge in [0.2, 0.25) is 11.8 Å². The van der Waals surface area contributed by atoms with Crippen LogP contribution in [0.15, 0.2) is 65.2 Å². The summed E-state index contributed by atoms with van der Waals surface area (Å²) in [4.78, 5) is 28.2. The second-order valence-corrected chi connectivity index (χ2v) is 8.14. The lowest BCUT2D eigenvalue weighted by molar-refractivity contribution is -0.128. The second kappa shape index (κ2) is 6.03. The zero-order valence-corrected chi connectivity index (χ0v) is 16.2. The van der Waals surface area contributed by atoms with E-state index in [-0.39, 0.29) is 11.8 Å². The molecular formula is C23H19N3O4. The lowest BCUT2D eigenvalue weighted by Gasteiger charge is -2.23. The number of carbonyl (C=O) groups is 2. The van der Waals surface area contributed by atoms with Crippen molar-refractivity contribution >= 4 is 34.1 Å². The van der Waals surface area contributed by atoms with Crippen LogP contribution in [0.4, 0.5) is 11.5 Å². The average molecular weight is 401 g/mol. The highest BCUT2D eigenvalue weighted by molar-refractivity contribution is 6.07. The fourth-order valence-corrected chi connectivity index (χ4v) is 5.02. The van der Waals surface area contributed by atoms with E-state index in [2.05, 4.69) is 10.5 Å². The molecule has 7 heteroatoms. The SMILES string of the molecule is Cc1cc(N2CC34C=C[C@@H](O3)C(C(=O)Nc3cccc5ccccc35)C4C2=O)no1. The van der Waals surface area contributed by atoms with Crippen LogP contribution in [0.25, 0.3) is 10.8 Å². The number of nitrogens with one attached hydrogen (secondary N) is 1. The molecule has 30 heavy (non-hydrogen) atoms. The van der Waals surface area contributed by atoms with E-state index in [0.717, 1.165) is 16.5 Å². The molecule has 1 N–H and O–H groups in total.